The summed E-state index contributed by atoms with van der Waals surface area (Å²) in [6.07, 6.45) is 0.233. The molecular weight excluding hydrogens is 242 g/mol. The minimum Gasteiger partial charge on any atom is -0.497 e. The zero-order valence-electron chi connectivity index (χ0n) is 9.96. The van der Waals surface area contributed by atoms with Crippen molar-refractivity contribution >= 4 is 15.7 Å². The maximum absolute atomic E-state index is 11.9. The molecule has 0 aliphatic heterocycles. The quantitative estimate of drug-likeness (QED) is 0.822. The maximum Gasteiger partial charge on any atom is 0.234 e. The first-order chi connectivity index (χ1) is 8.01. The first kappa shape index (κ1) is 13.8. The predicted molar refractivity (Wildman–Crippen MR) is 66.9 cm³/mol. The van der Waals surface area contributed by atoms with Crippen LogP contribution in [0.25, 0.3) is 0 Å². The topological polar surface area (TPSA) is 66.8 Å². The van der Waals surface area contributed by atoms with Crippen LogP contribution in [0.5, 0.6) is 5.75 Å². The maximum atomic E-state index is 11.9. The molecule has 5 nitrogen and oxygen atoms in total. The number of ether oxygens (including phenoxy) is 1. The van der Waals surface area contributed by atoms with Crippen LogP contribution in [0.3, 0.4) is 0 Å². The SMILES string of the molecule is COc1cccc(N(C)S(=O)(=O)CCCO)c1. The Morgan fingerprint density at radius 3 is 2.71 bits per heavy atom. The van der Waals surface area contributed by atoms with E-state index >= 15 is 0 Å². The molecule has 17 heavy (non-hydrogen) atoms. The highest BCUT2D eigenvalue weighted by Gasteiger charge is 2.17. The normalized spacial score (nSPS) is 11.2. The zero-order valence-corrected chi connectivity index (χ0v) is 10.8. The van der Waals surface area contributed by atoms with E-state index in [2.05, 4.69) is 0 Å². The molecule has 0 fully saturated rings. The number of benzene rings is 1. The molecule has 6 heteroatoms. The lowest BCUT2D eigenvalue weighted by Crippen LogP contribution is -2.29. The van der Waals surface area contributed by atoms with Crippen molar-refractivity contribution in [1.29, 1.82) is 0 Å². The van der Waals surface area contributed by atoms with E-state index in [1.807, 2.05) is 0 Å². The molecule has 0 radical (unpaired) electrons. The van der Waals surface area contributed by atoms with Gasteiger partial charge < -0.3 is 9.84 Å². The van der Waals surface area contributed by atoms with Gasteiger partial charge in [0.1, 0.15) is 5.75 Å². The smallest absolute Gasteiger partial charge is 0.234 e. The number of aliphatic hydroxyl groups is 1. The van der Waals surface area contributed by atoms with Gasteiger partial charge in [-0.1, -0.05) is 6.07 Å². The highest BCUT2D eigenvalue weighted by Crippen LogP contribution is 2.22. The van der Waals surface area contributed by atoms with E-state index in [9.17, 15) is 8.42 Å². The molecule has 0 heterocycles. The lowest BCUT2D eigenvalue weighted by molar-refractivity contribution is 0.295. The van der Waals surface area contributed by atoms with Crippen molar-refractivity contribution in [2.45, 2.75) is 6.42 Å². The first-order valence-electron chi connectivity index (χ1n) is 5.23. The van der Waals surface area contributed by atoms with Crippen LogP contribution in [0.1, 0.15) is 6.42 Å². The number of nitrogens with zero attached hydrogens (tertiary/aromatic N) is 1. The van der Waals surface area contributed by atoms with Gasteiger partial charge in [0, 0.05) is 19.7 Å². The molecule has 1 rings (SSSR count). The molecule has 1 aromatic rings. The molecule has 0 saturated heterocycles. The number of methoxy groups -OCH3 is 1. The van der Waals surface area contributed by atoms with Crippen molar-refractivity contribution in [3.63, 3.8) is 0 Å². The number of rotatable bonds is 6. The number of hydrogen-bond donors (Lipinski definition) is 1. The number of sulfonamides is 1. The molecule has 0 aliphatic carbocycles. The summed E-state index contributed by atoms with van der Waals surface area (Å²) in [6.45, 7) is -0.134. The zero-order chi connectivity index (χ0) is 12.9. The Kier molecular flexibility index (Phi) is 4.77. The van der Waals surface area contributed by atoms with Gasteiger partial charge in [0.2, 0.25) is 10.0 Å². The number of anilines is 1. The number of hydrogen-bond acceptors (Lipinski definition) is 4. The van der Waals surface area contributed by atoms with Crippen molar-refractivity contribution in [3.8, 4) is 5.75 Å². The van der Waals surface area contributed by atoms with Crippen molar-refractivity contribution in [2.75, 3.05) is 30.8 Å². The third-order valence-corrected chi connectivity index (χ3v) is 4.24. The lowest BCUT2D eigenvalue weighted by atomic mass is 10.3. The second-order valence-corrected chi connectivity index (χ2v) is 5.68. The van der Waals surface area contributed by atoms with Crippen LogP contribution in [0.2, 0.25) is 0 Å². The van der Waals surface area contributed by atoms with Crippen molar-refractivity contribution in [2.24, 2.45) is 0 Å². The molecule has 0 spiro atoms. The molecule has 0 amide bonds. The molecule has 0 saturated carbocycles. The largest absolute Gasteiger partial charge is 0.497 e. The van der Waals surface area contributed by atoms with Crippen molar-refractivity contribution < 1.29 is 18.3 Å². The van der Waals surface area contributed by atoms with E-state index in [1.165, 1.54) is 18.5 Å². The van der Waals surface area contributed by atoms with Gasteiger partial charge in [-0.25, -0.2) is 8.42 Å². The van der Waals surface area contributed by atoms with Gasteiger partial charge in [0.05, 0.1) is 18.6 Å². The summed E-state index contributed by atoms with van der Waals surface area (Å²) >= 11 is 0. The second kappa shape index (κ2) is 5.88. The summed E-state index contributed by atoms with van der Waals surface area (Å²) in [4.78, 5) is 0. The second-order valence-electron chi connectivity index (χ2n) is 3.56. The minimum absolute atomic E-state index is 0.0722. The van der Waals surface area contributed by atoms with Gasteiger partial charge in [-0.05, 0) is 18.6 Å². The number of aliphatic hydroxyl groups excluding tert-OH is 1. The van der Waals surface area contributed by atoms with E-state index in [0.29, 0.717) is 11.4 Å². The van der Waals surface area contributed by atoms with E-state index in [4.69, 9.17) is 9.84 Å². The molecule has 1 aromatic carbocycles. The molecule has 0 unspecified atom stereocenters. The van der Waals surface area contributed by atoms with Crippen LogP contribution in [-0.4, -0.2) is 40.0 Å². The Morgan fingerprint density at radius 1 is 1.41 bits per heavy atom. The summed E-state index contributed by atoms with van der Waals surface area (Å²) in [5, 5.41) is 8.66. The van der Waals surface area contributed by atoms with Gasteiger partial charge in [-0.15, -0.1) is 0 Å². The summed E-state index contributed by atoms with van der Waals surface area (Å²) in [7, 11) is -0.368. The summed E-state index contributed by atoms with van der Waals surface area (Å²) in [5.41, 5.74) is 0.544. The fraction of sp³-hybridized carbons (Fsp3) is 0.455. The Hall–Kier alpha value is -1.27. The molecule has 96 valence electrons. The first-order valence-corrected chi connectivity index (χ1v) is 6.83. The van der Waals surface area contributed by atoms with Crippen LogP contribution in [0.15, 0.2) is 24.3 Å². The van der Waals surface area contributed by atoms with Gasteiger partial charge >= 0.3 is 0 Å². The minimum atomic E-state index is -3.38. The van der Waals surface area contributed by atoms with E-state index in [0.717, 1.165) is 0 Å². The average Bonchev–Trinajstić information content (AvgIpc) is 2.35. The molecule has 0 bridgehead atoms. The van der Waals surface area contributed by atoms with Gasteiger partial charge in [0.25, 0.3) is 0 Å². The van der Waals surface area contributed by atoms with E-state index in [-0.39, 0.29) is 18.8 Å². The fourth-order valence-corrected chi connectivity index (χ4v) is 2.55. The van der Waals surface area contributed by atoms with Crippen LogP contribution < -0.4 is 9.04 Å². The highest BCUT2D eigenvalue weighted by atomic mass is 32.2. The Labute approximate surface area is 102 Å². The van der Waals surface area contributed by atoms with Crippen molar-refractivity contribution in [3.05, 3.63) is 24.3 Å². The summed E-state index contributed by atoms with van der Waals surface area (Å²) in [6, 6.07) is 6.82. The summed E-state index contributed by atoms with van der Waals surface area (Å²) in [5.74, 6) is 0.531. The Bertz CT molecular complexity index is 458. The van der Waals surface area contributed by atoms with Crippen LogP contribution in [0.4, 0.5) is 5.69 Å². The Balaban J connectivity index is 2.91. The van der Waals surface area contributed by atoms with Crippen molar-refractivity contribution in [1.82, 2.24) is 0 Å². The van der Waals surface area contributed by atoms with Crippen LogP contribution in [-0.2, 0) is 10.0 Å². The van der Waals surface area contributed by atoms with E-state index < -0.39 is 10.0 Å². The predicted octanol–water partition coefficient (Wildman–Crippen LogP) is 0.844. The molecular formula is C11H17NO4S. The van der Waals surface area contributed by atoms with Gasteiger partial charge in [-0.3, -0.25) is 4.31 Å². The van der Waals surface area contributed by atoms with Gasteiger partial charge in [0.15, 0.2) is 0 Å². The van der Waals surface area contributed by atoms with Crippen LogP contribution in [0, 0.1) is 0 Å². The van der Waals surface area contributed by atoms with E-state index in [1.54, 1.807) is 24.3 Å². The third-order valence-electron chi connectivity index (χ3n) is 2.39. The Morgan fingerprint density at radius 2 is 2.12 bits per heavy atom. The molecule has 0 aliphatic rings. The standard InChI is InChI=1S/C11H17NO4S/c1-12(17(14,15)8-4-7-13)10-5-3-6-11(9-10)16-2/h3,5-6,9,13H,4,7-8H2,1-2H3. The van der Waals surface area contributed by atoms with Crippen LogP contribution >= 0.6 is 0 Å². The molecule has 1 N–H and O–H groups in total. The van der Waals surface area contributed by atoms with Gasteiger partial charge in [-0.2, -0.15) is 0 Å². The molecule has 0 aromatic heterocycles. The summed E-state index contributed by atoms with van der Waals surface area (Å²) < 4.78 is 30.0. The highest BCUT2D eigenvalue weighted by molar-refractivity contribution is 7.92. The molecule has 0 atom stereocenters. The lowest BCUT2D eigenvalue weighted by Gasteiger charge is -2.19. The monoisotopic (exact) mass is 259 g/mol. The fourth-order valence-electron chi connectivity index (χ4n) is 1.35. The third kappa shape index (κ3) is 3.61. The average molecular weight is 259 g/mol.